The second-order valence-corrected chi connectivity index (χ2v) is 3.91. The van der Waals surface area contributed by atoms with Gasteiger partial charge in [-0.1, -0.05) is 31.2 Å². The van der Waals surface area contributed by atoms with Crippen LogP contribution in [0.15, 0.2) is 24.3 Å². The van der Waals surface area contributed by atoms with E-state index in [9.17, 15) is 0 Å². The Bertz CT molecular complexity index is 420. The predicted octanol–water partition coefficient (Wildman–Crippen LogP) is 0.430. The van der Waals surface area contributed by atoms with Gasteiger partial charge in [-0.3, -0.25) is 0 Å². The maximum Gasteiger partial charge on any atom is 0.204 e. The molecule has 1 heterocycles. The summed E-state index contributed by atoms with van der Waals surface area (Å²) in [4.78, 5) is 0. The maximum absolute atomic E-state index is 4.08. The first kappa shape index (κ1) is 10.8. The van der Waals surface area contributed by atoms with E-state index in [2.05, 4.69) is 45.4 Å². The van der Waals surface area contributed by atoms with Crippen LogP contribution in [0.25, 0.3) is 11.4 Å². The quantitative estimate of drug-likeness (QED) is 0.780. The number of tetrazole rings is 1. The van der Waals surface area contributed by atoms with Crippen molar-refractivity contribution in [2.75, 3.05) is 0 Å². The highest BCUT2D eigenvalue weighted by Crippen LogP contribution is 2.14. The van der Waals surface area contributed by atoms with Crippen molar-refractivity contribution >= 4 is 0 Å². The standard InChI is InChI=1S/C11H15N5/c1-2-10(12)7-8-3-5-9(6-4-8)11-13-15-16-14-11/h3-6,10H,2,7,12H2,1H3,(H,13,14,15,16)/p+1/t10-/m1/s1. The second-order valence-electron chi connectivity index (χ2n) is 3.91. The van der Waals surface area contributed by atoms with Crippen LogP contribution < -0.4 is 5.73 Å². The molecule has 0 aliphatic carbocycles. The van der Waals surface area contributed by atoms with Crippen LogP contribution >= 0.6 is 0 Å². The van der Waals surface area contributed by atoms with Crippen LogP contribution in [-0.2, 0) is 6.42 Å². The zero-order valence-electron chi connectivity index (χ0n) is 9.35. The number of hydrogen-bond acceptors (Lipinski definition) is 3. The highest BCUT2D eigenvalue weighted by atomic mass is 15.5. The summed E-state index contributed by atoms with van der Waals surface area (Å²) in [6.07, 6.45) is 2.12. The van der Waals surface area contributed by atoms with E-state index in [1.165, 1.54) is 5.56 Å². The van der Waals surface area contributed by atoms with Crippen LogP contribution in [0.2, 0.25) is 0 Å². The van der Waals surface area contributed by atoms with Crippen molar-refractivity contribution in [3.05, 3.63) is 29.8 Å². The van der Waals surface area contributed by atoms with Crippen LogP contribution in [0, 0.1) is 0 Å². The summed E-state index contributed by atoms with van der Waals surface area (Å²) in [5.74, 6) is 0.633. The zero-order valence-corrected chi connectivity index (χ0v) is 9.35. The molecule has 0 amide bonds. The molecule has 1 aromatic carbocycles. The summed E-state index contributed by atoms with van der Waals surface area (Å²) in [5, 5.41) is 13.8. The van der Waals surface area contributed by atoms with Gasteiger partial charge in [0.05, 0.1) is 6.04 Å². The average molecular weight is 218 g/mol. The summed E-state index contributed by atoms with van der Waals surface area (Å²) < 4.78 is 0. The fourth-order valence-corrected chi connectivity index (χ4v) is 1.55. The molecule has 0 aliphatic rings. The van der Waals surface area contributed by atoms with Gasteiger partial charge in [-0.25, -0.2) is 0 Å². The molecule has 1 atom stereocenters. The summed E-state index contributed by atoms with van der Waals surface area (Å²) in [7, 11) is 0. The predicted molar refractivity (Wildman–Crippen MR) is 60.3 cm³/mol. The van der Waals surface area contributed by atoms with Crippen molar-refractivity contribution in [1.82, 2.24) is 20.6 Å². The van der Waals surface area contributed by atoms with Crippen molar-refractivity contribution in [2.24, 2.45) is 0 Å². The van der Waals surface area contributed by atoms with E-state index < -0.39 is 0 Å². The van der Waals surface area contributed by atoms with Gasteiger partial charge in [-0.2, -0.15) is 5.21 Å². The molecule has 0 unspecified atom stereocenters. The number of H-pyrrole nitrogens is 1. The van der Waals surface area contributed by atoms with Crippen LogP contribution in [0.4, 0.5) is 0 Å². The fraction of sp³-hybridized carbons (Fsp3) is 0.364. The van der Waals surface area contributed by atoms with Crippen LogP contribution in [0.3, 0.4) is 0 Å². The van der Waals surface area contributed by atoms with Crippen molar-refractivity contribution in [3.8, 4) is 11.4 Å². The Labute approximate surface area is 94.1 Å². The number of aromatic amines is 1. The highest BCUT2D eigenvalue weighted by Gasteiger charge is 2.06. The molecule has 0 aliphatic heterocycles. The monoisotopic (exact) mass is 218 g/mol. The van der Waals surface area contributed by atoms with E-state index in [1.807, 2.05) is 12.1 Å². The Kier molecular flexibility index (Phi) is 3.26. The molecular formula is C11H16N5+. The zero-order chi connectivity index (χ0) is 11.4. The smallest absolute Gasteiger partial charge is 0.204 e. The van der Waals surface area contributed by atoms with E-state index >= 15 is 0 Å². The molecule has 0 saturated heterocycles. The summed E-state index contributed by atoms with van der Waals surface area (Å²) in [6.45, 7) is 2.16. The minimum atomic E-state index is 0.482. The van der Waals surface area contributed by atoms with Crippen LogP contribution in [0.5, 0.6) is 0 Å². The molecule has 2 aromatic rings. The lowest BCUT2D eigenvalue weighted by Crippen LogP contribution is -2.61. The minimum absolute atomic E-state index is 0.482. The van der Waals surface area contributed by atoms with E-state index in [4.69, 9.17) is 0 Å². The van der Waals surface area contributed by atoms with Gasteiger partial charge in [0.1, 0.15) is 0 Å². The first-order valence-electron chi connectivity index (χ1n) is 5.45. The molecule has 16 heavy (non-hydrogen) atoms. The molecular weight excluding hydrogens is 202 g/mol. The summed E-state index contributed by atoms with van der Waals surface area (Å²) >= 11 is 0. The van der Waals surface area contributed by atoms with Crippen LogP contribution in [-0.4, -0.2) is 26.7 Å². The molecule has 2 rings (SSSR count). The number of benzene rings is 1. The van der Waals surface area contributed by atoms with E-state index in [1.54, 1.807) is 0 Å². The van der Waals surface area contributed by atoms with Crippen molar-refractivity contribution in [1.29, 1.82) is 0 Å². The van der Waals surface area contributed by atoms with Gasteiger partial charge in [-0.05, 0) is 17.2 Å². The van der Waals surface area contributed by atoms with Gasteiger partial charge >= 0.3 is 0 Å². The normalized spacial score (nSPS) is 12.6. The Morgan fingerprint density at radius 1 is 1.31 bits per heavy atom. The molecule has 0 spiro atoms. The number of nitrogens with zero attached hydrogens (tertiary/aromatic N) is 3. The van der Waals surface area contributed by atoms with Crippen molar-refractivity contribution in [3.63, 3.8) is 0 Å². The third kappa shape index (κ3) is 2.43. The van der Waals surface area contributed by atoms with Crippen molar-refractivity contribution < 1.29 is 5.73 Å². The van der Waals surface area contributed by atoms with Gasteiger partial charge < -0.3 is 5.73 Å². The van der Waals surface area contributed by atoms with Crippen LogP contribution in [0.1, 0.15) is 18.9 Å². The van der Waals surface area contributed by atoms with Gasteiger partial charge in [0.15, 0.2) is 0 Å². The summed E-state index contributed by atoms with van der Waals surface area (Å²) in [5.41, 5.74) is 6.37. The largest absolute Gasteiger partial charge is 0.355 e. The minimum Gasteiger partial charge on any atom is -0.355 e. The third-order valence-electron chi connectivity index (χ3n) is 2.66. The summed E-state index contributed by atoms with van der Waals surface area (Å²) in [6, 6.07) is 8.71. The molecule has 4 N–H and O–H groups in total. The second kappa shape index (κ2) is 4.85. The van der Waals surface area contributed by atoms with E-state index in [0.717, 1.165) is 18.4 Å². The maximum atomic E-state index is 4.08. The van der Waals surface area contributed by atoms with Gasteiger partial charge in [0.25, 0.3) is 0 Å². The number of quaternary nitrogens is 1. The van der Waals surface area contributed by atoms with Crippen molar-refractivity contribution in [2.45, 2.75) is 25.8 Å². The average Bonchev–Trinajstić information content (AvgIpc) is 2.83. The van der Waals surface area contributed by atoms with Gasteiger partial charge in [-0.15, -0.1) is 10.2 Å². The van der Waals surface area contributed by atoms with E-state index in [0.29, 0.717) is 11.9 Å². The molecule has 0 saturated carbocycles. The molecule has 1 aromatic heterocycles. The molecule has 0 fully saturated rings. The molecule has 5 heteroatoms. The highest BCUT2D eigenvalue weighted by molar-refractivity contribution is 5.54. The van der Waals surface area contributed by atoms with E-state index in [-0.39, 0.29) is 0 Å². The Morgan fingerprint density at radius 2 is 2.06 bits per heavy atom. The first-order valence-corrected chi connectivity index (χ1v) is 5.45. The third-order valence-corrected chi connectivity index (χ3v) is 2.66. The Balaban J connectivity index is 2.11. The van der Waals surface area contributed by atoms with Gasteiger partial charge in [0.2, 0.25) is 5.82 Å². The number of hydrogen-bond donors (Lipinski definition) is 2. The molecule has 0 radical (unpaired) electrons. The Morgan fingerprint density at radius 3 is 2.62 bits per heavy atom. The van der Waals surface area contributed by atoms with Gasteiger partial charge in [0, 0.05) is 12.0 Å². The molecule has 5 nitrogen and oxygen atoms in total. The molecule has 84 valence electrons. The topological polar surface area (TPSA) is 82.1 Å². The lowest BCUT2D eigenvalue weighted by molar-refractivity contribution is -0.419. The lowest BCUT2D eigenvalue weighted by Gasteiger charge is -2.05. The first-order chi connectivity index (χ1) is 7.79. The number of rotatable bonds is 4. The lowest BCUT2D eigenvalue weighted by atomic mass is 10.0. The number of aromatic nitrogens is 4. The Hall–Kier alpha value is -1.75. The fourth-order valence-electron chi connectivity index (χ4n) is 1.55. The molecule has 0 bridgehead atoms. The number of nitrogens with one attached hydrogen (secondary N) is 1. The SMILES string of the molecule is CC[C@@H]([NH3+])Cc1ccc(-c2nn[nH]n2)cc1.